The van der Waals surface area contributed by atoms with E-state index in [0.717, 1.165) is 22.4 Å². The molecule has 0 saturated heterocycles. The van der Waals surface area contributed by atoms with Gasteiger partial charge in [0.15, 0.2) is 0 Å². The lowest BCUT2D eigenvalue weighted by Gasteiger charge is -2.10. The van der Waals surface area contributed by atoms with Gasteiger partial charge in [-0.15, -0.1) is 0 Å². The second-order valence-electron chi connectivity index (χ2n) is 7.28. The quantitative estimate of drug-likeness (QED) is 0.465. The fraction of sp³-hybridized carbons (Fsp3) is 0.120. The summed E-state index contributed by atoms with van der Waals surface area (Å²) in [6.07, 6.45) is 0. The third-order valence-corrected chi connectivity index (χ3v) is 5.16. The minimum atomic E-state index is -0.354. The summed E-state index contributed by atoms with van der Waals surface area (Å²) >= 11 is 0. The van der Waals surface area contributed by atoms with E-state index in [1.165, 1.54) is 16.8 Å². The number of aryl methyl sites for hydroxylation is 2. The number of hydrogen-bond donors (Lipinski definition) is 1. The second kappa shape index (κ2) is 8.44. The molecule has 0 aliphatic heterocycles. The lowest BCUT2D eigenvalue weighted by Crippen LogP contribution is -2.17. The normalized spacial score (nSPS) is 10.7. The second-order valence-corrected chi connectivity index (χ2v) is 7.28. The molecule has 0 saturated carbocycles. The van der Waals surface area contributed by atoms with Crippen LogP contribution in [0.4, 0.5) is 10.1 Å². The zero-order valence-corrected chi connectivity index (χ0v) is 17.5. The summed E-state index contributed by atoms with van der Waals surface area (Å²) < 4.78 is 20.2. The molecule has 0 spiro atoms. The van der Waals surface area contributed by atoms with E-state index >= 15 is 0 Å². The van der Waals surface area contributed by atoms with Gasteiger partial charge in [-0.2, -0.15) is 5.10 Å². The number of carbonyl (C=O) groups is 1. The Morgan fingerprint density at radius 2 is 1.65 bits per heavy atom. The molecule has 1 amide bonds. The largest absolute Gasteiger partial charge is 0.497 e. The maximum atomic E-state index is 13.4. The highest BCUT2D eigenvalue weighted by molar-refractivity contribution is 6.04. The molecule has 5 nitrogen and oxygen atoms in total. The Morgan fingerprint density at radius 1 is 0.935 bits per heavy atom. The van der Waals surface area contributed by atoms with Crippen LogP contribution >= 0.6 is 0 Å². The standard InChI is InChI=1S/C25H22FN3O2/c1-16-4-9-20(14-17(16)2)27-25(30)24-15-23(18-5-12-22(31-3)13-6-18)28-29(24)21-10-7-19(26)8-11-21/h4-15H,1-3H3,(H,27,30). The molecule has 3 aromatic carbocycles. The van der Waals surface area contributed by atoms with E-state index in [-0.39, 0.29) is 11.7 Å². The van der Waals surface area contributed by atoms with Crippen molar-refractivity contribution >= 4 is 11.6 Å². The minimum absolute atomic E-state index is 0.306. The van der Waals surface area contributed by atoms with E-state index in [2.05, 4.69) is 10.4 Å². The van der Waals surface area contributed by atoms with Crippen LogP contribution in [0.5, 0.6) is 5.75 Å². The Bertz CT molecular complexity index is 1230. The zero-order chi connectivity index (χ0) is 22.0. The van der Waals surface area contributed by atoms with Crippen molar-refractivity contribution in [2.75, 3.05) is 12.4 Å². The third kappa shape index (κ3) is 4.33. The van der Waals surface area contributed by atoms with Crippen molar-refractivity contribution in [3.63, 3.8) is 0 Å². The third-order valence-electron chi connectivity index (χ3n) is 5.16. The Kier molecular flexibility index (Phi) is 5.54. The molecule has 1 aromatic heterocycles. The van der Waals surface area contributed by atoms with Crippen LogP contribution in [0.25, 0.3) is 16.9 Å². The number of methoxy groups -OCH3 is 1. The molecule has 0 unspecified atom stereocenters. The number of amides is 1. The van der Waals surface area contributed by atoms with Crippen LogP contribution < -0.4 is 10.1 Å². The molecule has 0 radical (unpaired) electrons. The van der Waals surface area contributed by atoms with Crippen LogP contribution in [0, 0.1) is 19.7 Å². The smallest absolute Gasteiger partial charge is 0.274 e. The Balaban J connectivity index is 1.74. The highest BCUT2D eigenvalue weighted by Gasteiger charge is 2.18. The lowest BCUT2D eigenvalue weighted by molar-refractivity contribution is 0.101. The number of halogens is 1. The number of nitrogens with zero attached hydrogens (tertiary/aromatic N) is 2. The maximum Gasteiger partial charge on any atom is 0.274 e. The van der Waals surface area contributed by atoms with Gasteiger partial charge in [0, 0.05) is 11.3 Å². The number of anilines is 1. The van der Waals surface area contributed by atoms with Crippen LogP contribution in [0.1, 0.15) is 21.6 Å². The van der Waals surface area contributed by atoms with Gasteiger partial charge in [0.05, 0.1) is 18.5 Å². The zero-order valence-electron chi connectivity index (χ0n) is 17.5. The molecule has 156 valence electrons. The molecular formula is C25H22FN3O2. The summed E-state index contributed by atoms with van der Waals surface area (Å²) in [4.78, 5) is 13.2. The van der Waals surface area contributed by atoms with Gasteiger partial charge in [0.1, 0.15) is 17.3 Å². The van der Waals surface area contributed by atoms with Crippen molar-refractivity contribution < 1.29 is 13.9 Å². The topological polar surface area (TPSA) is 56.1 Å². The highest BCUT2D eigenvalue weighted by atomic mass is 19.1. The average Bonchev–Trinajstić information content (AvgIpc) is 3.22. The van der Waals surface area contributed by atoms with Crippen molar-refractivity contribution in [3.8, 4) is 22.7 Å². The van der Waals surface area contributed by atoms with Crippen LogP contribution in [0.2, 0.25) is 0 Å². The van der Waals surface area contributed by atoms with Crippen LogP contribution in [0.3, 0.4) is 0 Å². The highest BCUT2D eigenvalue weighted by Crippen LogP contribution is 2.25. The Hall–Kier alpha value is -3.93. The molecule has 0 fully saturated rings. The lowest BCUT2D eigenvalue weighted by atomic mass is 10.1. The number of carbonyl (C=O) groups excluding carboxylic acids is 1. The van der Waals surface area contributed by atoms with E-state index in [4.69, 9.17) is 4.74 Å². The van der Waals surface area contributed by atoms with Gasteiger partial charge in [-0.25, -0.2) is 9.07 Å². The van der Waals surface area contributed by atoms with Gasteiger partial charge in [0.25, 0.3) is 5.91 Å². The first-order chi connectivity index (χ1) is 14.9. The molecule has 1 N–H and O–H groups in total. The van der Waals surface area contributed by atoms with Crippen molar-refractivity contribution in [2.45, 2.75) is 13.8 Å². The number of aromatic nitrogens is 2. The monoisotopic (exact) mass is 415 g/mol. The molecule has 1 heterocycles. The van der Waals surface area contributed by atoms with E-state index in [1.54, 1.807) is 25.3 Å². The van der Waals surface area contributed by atoms with Gasteiger partial charge < -0.3 is 10.1 Å². The summed E-state index contributed by atoms with van der Waals surface area (Å²) in [5.41, 5.74) is 5.33. The van der Waals surface area contributed by atoms with Crippen molar-refractivity contribution in [1.29, 1.82) is 0 Å². The van der Waals surface area contributed by atoms with Gasteiger partial charge in [-0.3, -0.25) is 4.79 Å². The first-order valence-electron chi connectivity index (χ1n) is 9.83. The van der Waals surface area contributed by atoms with E-state index in [0.29, 0.717) is 22.8 Å². The predicted molar refractivity (Wildman–Crippen MR) is 119 cm³/mol. The molecule has 0 aliphatic rings. The van der Waals surface area contributed by atoms with Crippen molar-refractivity contribution in [2.24, 2.45) is 0 Å². The number of benzene rings is 3. The van der Waals surface area contributed by atoms with Gasteiger partial charge in [-0.05, 0) is 91.7 Å². The van der Waals surface area contributed by atoms with Crippen LogP contribution in [-0.2, 0) is 0 Å². The SMILES string of the molecule is COc1ccc(-c2cc(C(=O)Nc3ccc(C)c(C)c3)n(-c3ccc(F)cc3)n2)cc1. The molecular weight excluding hydrogens is 393 g/mol. The Labute approximate surface area is 180 Å². The molecule has 0 atom stereocenters. The summed E-state index contributed by atoms with van der Waals surface area (Å²) in [7, 11) is 1.60. The summed E-state index contributed by atoms with van der Waals surface area (Å²) in [6, 6.07) is 20.8. The molecule has 6 heteroatoms. The summed E-state index contributed by atoms with van der Waals surface area (Å²) in [5.74, 6) is 0.0710. The van der Waals surface area contributed by atoms with Gasteiger partial charge >= 0.3 is 0 Å². The number of rotatable bonds is 5. The minimum Gasteiger partial charge on any atom is -0.497 e. The first-order valence-corrected chi connectivity index (χ1v) is 9.83. The first kappa shape index (κ1) is 20.3. The maximum absolute atomic E-state index is 13.4. The molecule has 4 rings (SSSR count). The van der Waals surface area contributed by atoms with E-state index < -0.39 is 0 Å². The number of hydrogen-bond acceptors (Lipinski definition) is 3. The summed E-state index contributed by atoms with van der Waals surface area (Å²) in [6.45, 7) is 4.02. The van der Waals surface area contributed by atoms with Crippen molar-refractivity contribution in [3.05, 3.63) is 95.4 Å². The number of ether oxygens (including phenoxy) is 1. The number of nitrogens with one attached hydrogen (secondary N) is 1. The molecule has 0 bridgehead atoms. The average molecular weight is 415 g/mol. The predicted octanol–water partition coefficient (Wildman–Crippen LogP) is 5.56. The van der Waals surface area contributed by atoms with E-state index in [1.807, 2.05) is 56.3 Å². The van der Waals surface area contributed by atoms with Crippen molar-refractivity contribution in [1.82, 2.24) is 9.78 Å². The fourth-order valence-corrected chi connectivity index (χ4v) is 3.24. The van der Waals surface area contributed by atoms with Gasteiger partial charge in [0.2, 0.25) is 0 Å². The van der Waals surface area contributed by atoms with Gasteiger partial charge in [-0.1, -0.05) is 6.07 Å². The fourth-order valence-electron chi connectivity index (χ4n) is 3.24. The molecule has 4 aromatic rings. The Morgan fingerprint density at radius 3 is 2.29 bits per heavy atom. The molecule has 31 heavy (non-hydrogen) atoms. The molecule has 0 aliphatic carbocycles. The van der Waals surface area contributed by atoms with E-state index in [9.17, 15) is 9.18 Å². The van der Waals surface area contributed by atoms with Crippen LogP contribution in [-0.4, -0.2) is 22.8 Å². The van der Waals surface area contributed by atoms with Crippen LogP contribution in [0.15, 0.2) is 72.8 Å². The summed E-state index contributed by atoms with van der Waals surface area (Å²) in [5, 5.41) is 7.56.